The van der Waals surface area contributed by atoms with Gasteiger partial charge in [-0.25, -0.2) is 5.43 Å². The summed E-state index contributed by atoms with van der Waals surface area (Å²) in [6.07, 6.45) is 0. The molecule has 0 fully saturated rings. The first kappa shape index (κ1) is 14.0. The Labute approximate surface area is 103 Å². The first-order valence-corrected chi connectivity index (χ1v) is 5.16. The molecule has 0 aliphatic heterocycles. The topological polar surface area (TPSA) is 150 Å². The van der Waals surface area contributed by atoms with Crippen LogP contribution in [-0.2, 0) is 11.3 Å². The Morgan fingerprint density at radius 2 is 1.94 bits per heavy atom. The molecule has 0 aromatic heterocycles. The molecule has 0 bridgehead atoms. The van der Waals surface area contributed by atoms with Gasteiger partial charge in [0.1, 0.15) is 6.61 Å². The standard InChI is InChI=1S/C10H15N3O5/c11-6(4-14)10(18)13-12-3-5-1-2-7(15)9(17)8(5)16/h1-2,6,12,14-17H,3-4,11H2,(H,13,18)/p+1. The molecule has 100 valence electrons. The molecule has 18 heavy (non-hydrogen) atoms. The molecule has 1 amide bonds. The van der Waals surface area contributed by atoms with Crippen LogP contribution < -0.4 is 16.6 Å². The predicted octanol–water partition coefficient (Wildman–Crippen LogP) is -2.47. The quantitative estimate of drug-likeness (QED) is 0.230. The zero-order valence-electron chi connectivity index (χ0n) is 9.55. The summed E-state index contributed by atoms with van der Waals surface area (Å²) in [6, 6.07) is 1.81. The first-order chi connectivity index (χ1) is 8.47. The van der Waals surface area contributed by atoms with Gasteiger partial charge in [-0.15, -0.1) is 0 Å². The number of rotatable bonds is 5. The maximum absolute atomic E-state index is 11.2. The molecule has 1 aromatic carbocycles. The fourth-order valence-electron chi connectivity index (χ4n) is 1.16. The number of aliphatic hydroxyl groups excluding tert-OH is 1. The lowest BCUT2D eigenvalue weighted by Gasteiger charge is -2.11. The van der Waals surface area contributed by atoms with Crippen molar-refractivity contribution in [1.29, 1.82) is 0 Å². The molecule has 0 aliphatic rings. The number of carbonyl (C=O) groups is 1. The smallest absolute Gasteiger partial charge is 0.294 e. The number of hydrogen-bond donors (Lipinski definition) is 7. The second-order valence-corrected chi connectivity index (χ2v) is 3.66. The van der Waals surface area contributed by atoms with E-state index in [9.17, 15) is 15.0 Å². The van der Waals surface area contributed by atoms with Gasteiger partial charge >= 0.3 is 0 Å². The number of aliphatic hydroxyl groups is 1. The van der Waals surface area contributed by atoms with E-state index in [1.165, 1.54) is 12.1 Å². The molecule has 1 atom stereocenters. The molecule has 0 aliphatic carbocycles. The molecule has 1 unspecified atom stereocenters. The van der Waals surface area contributed by atoms with Crippen molar-refractivity contribution in [1.82, 2.24) is 10.9 Å². The molecule has 9 N–H and O–H groups in total. The number of aromatic hydroxyl groups is 3. The highest BCUT2D eigenvalue weighted by atomic mass is 16.3. The van der Waals surface area contributed by atoms with Crippen molar-refractivity contribution in [3.8, 4) is 17.2 Å². The second-order valence-electron chi connectivity index (χ2n) is 3.66. The van der Waals surface area contributed by atoms with Crippen molar-refractivity contribution < 1.29 is 31.0 Å². The van der Waals surface area contributed by atoms with Crippen LogP contribution in [0.2, 0.25) is 0 Å². The Morgan fingerprint density at radius 3 is 2.56 bits per heavy atom. The number of benzene rings is 1. The monoisotopic (exact) mass is 258 g/mol. The molecule has 0 heterocycles. The minimum Gasteiger partial charge on any atom is -0.504 e. The fraction of sp³-hybridized carbons (Fsp3) is 0.300. The van der Waals surface area contributed by atoms with E-state index in [-0.39, 0.29) is 18.7 Å². The largest absolute Gasteiger partial charge is 0.504 e. The molecule has 8 heteroatoms. The Kier molecular flexibility index (Phi) is 4.72. The zero-order chi connectivity index (χ0) is 13.7. The summed E-state index contributed by atoms with van der Waals surface area (Å²) < 4.78 is 0. The molecular formula is C10H16N3O5+. The van der Waals surface area contributed by atoms with Crippen LogP contribution in [0.4, 0.5) is 0 Å². The summed E-state index contributed by atoms with van der Waals surface area (Å²) >= 11 is 0. The van der Waals surface area contributed by atoms with Gasteiger partial charge in [0, 0.05) is 12.1 Å². The number of quaternary nitrogens is 1. The summed E-state index contributed by atoms with van der Waals surface area (Å²) in [6.45, 7) is -0.345. The summed E-state index contributed by atoms with van der Waals surface area (Å²) in [5.74, 6) is -2.02. The summed E-state index contributed by atoms with van der Waals surface area (Å²) in [5, 5.41) is 36.5. The van der Waals surface area contributed by atoms with Crippen molar-refractivity contribution >= 4 is 5.91 Å². The number of nitrogens with one attached hydrogen (secondary N) is 2. The van der Waals surface area contributed by atoms with E-state index >= 15 is 0 Å². The molecule has 0 saturated carbocycles. The van der Waals surface area contributed by atoms with Gasteiger partial charge in [0.2, 0.25) is 5.75 Å². The second kappa shape index (κ2) is 6.05. The highest BCUT2D eigenvalue weighted by Gasteiger charge is 2.15. The maximum Gasteiger partial charge on any atom is 0.294 e. The molecule has 8 nitrogen and oxygen atoms in total. The number of phenols is 3. The summed E-state index contributed by atoms with van der Waals surface area (Å²) in [4.78, 5) is 11.2. The van der Waals surface area contributed by atoms with Crippen LogP contribution in [-0.4, -0.2) is 39.0 Å². The Balaban J connectivity index is 2.55. The van der Waals surface area contributed by atoms with Crippen LogP contribution in [0.1, 0.15) is 5.56 Å². The van der Waals surface area contributed by atoms with Crippen molar-refractivity contribution in [2.75, 3.05) is 6.61 Å². The van der Waals surface area contributed by atoms with E-state index in [0.717, 1.165) is 0 Å². The van der Waals surface area contributed by atoms with Crippen LogP contribution in [0, 0.1) is 0 Å². The lowest BCUT2D eigenvalue weighted by Crippen LogP contribution is -2.70. The Bertz CT molecular complexity index is 438. The van der Waals surface area contributed by atoms with Crippen molar-refractivity contribution in [2.24, 2.45) is 0 Å². The van der Waals surface area contributed by atoms with E-state index in [1.54, 1.807) is 0 Å². The van der Waals surface area contributed by atoms with Gasteiger partial charge in [-0.1, -0.05) is 6.07 Å². The molecule has 1 aromatic rings. The zero-order valence-corrected chi connectivity index (χ0v) is 9.55. The van der Waals surface area contributed by atoms with Crippen molar-refractivity contribution in [3.05, 3.63) is 17.7 Å². The third kappa shape index (κ3) is 3.23. The lowest BCUT2D eigenvalue weighted by atomic mass is 10.2. The number of hydrazine groups is 1. The molecule has 0 spiro atoms. The van der Waals surface area contributed by atoms with E-state index in [0.29, 0.717) is 0 Å². The van der Waals surface area contributed by atoms with E-state index in [2.05, 4.69) is 16.6 Å². The third-order valence-electron chi connectivity index (χ3n) is 2.30. The molecular weight excluding hydrogens is 242 g/mol. The minimum absolute atomic E-state index is 0.0313. The van der Waals surface area contributed by atoms with Crippen LogP contribution in [0.25, 0.3) is 0 Å². The third-order valence-corrected chi connectivity index (χ3v) is 2.30. The van der Waals surface area contributed by atoms with Gasteiger partial charge in [0.15, 0.2) is 17.5 Å². The first-order valence-electron chi connectivity index (χ1n) is 5.16. The molecule has 0 radical (unpaired) electrons. The number of amides is 1. The number of carbonyl (C=O) groups excluding carboxylic acids is 1. The lowest BCUT2D eigenvalue weighted by molar-refractivity contribution is -0.409. The van der Waals surface area contributed by atoms with Crippen LogP contribution in [0.3, 0.4) is 0 Å². The number of hydrogen-bond acceptors (Lipinski definition) is 6. The SMILES string of the molecule is [NH3+]C(CO)C(=O)NNCc1ccc(O)c(O)c1O. The van der Waals surface area contributed by atoms with Gasteiger partial charge in [0.05, 0.1) is 0 Å². The average Bonchev–Trinajstić information content (AvgIpc) is 2.37. The summed E-state index contributed by atoms with van der Waals surface area (Å²) in [7, 11) is 0. The van der Waals surface area contributed by atoms with E-state index in [4.69, 9.17) is 10.2 Å². The van der Waals surface area contributed by atoms with Gasteiger partial charge in [0.25, 0.3) is 5.91 Å². The van der Waals surface area contributed by atoms with Gasteiger partial charge in [-0.3, -0.25) is 10.2 Å². The van der Waals surface area contributed by atoms with Gasteiger partial charge < -0.3 is 26.2 Å². The van der Waals surface area contributed by atoms with Gasteiger partial charge in [-0.2, -0.15) is 0 Å². The van der Waals surface area contributed by atoms with Crippen LogP contribution >= 0.6 is 0 Å². The normalized spacial score (nSPS) is 12.1. The fourth-order valence-corrected chi connectivity index (χ4v) is 1.16. The predicted molar refractivity (Wildman–Crippen MR) is 60.2 cm³/mol. The van der Waals surface area contributed by atoms with E-state index in [1.807, 2.05) is 0 Å². The maximum atomic E-state index is 11.2. The number of phenolic OH excluding ortho intramolecular Hbond substituents is 3. The summed E-state index contributed by atoms with van der Waals surface area (Å²) in [5.41, 5.74) is 8.47. The minimum atomic E-state index is -0.792. The highest BCUT2D eigenvalue weighted by Crippen LogP contribution is 2.36. The molecule has 0 saturated heterocycles. The van der Waals surface area contributed by atoms with Crippen LogP contribution in [0.15, 0.2) is 12.1 Å². The molecule has 1 rings (SSSR count). The Hall–Kier alpha value is -2.03. The Morgan fingerprint density at radius 1 is 1.28 bits per heavy atom. The van der Waals surface area contributed by atoms with Crippen LogP contribution in [0.5, 0.6) is 17.2 Å². The van der Waals surface area contributed by atoms with E-state index < -0.39 is 29.2 Å². The van der Waals surface area contributed by atoms with Crippen molar-refractivity contribution in [2.45, 2.75) is 12.6 Å². The van der Waals surface area contributed by atoms with Gasteiger partial charge in [-0.05, 0) is 6.07 Å². The highest BCUT2D eigenvalue weighted by molar-refractivity contribution is 5.79. The van der Waals surface area contributed by atoms with Crippen molar-refractivity contribution in [3.63, 3.8) is 0 Å². The average molecular weight is 258 g/mol.